The van der Waals surface area contributed by atoms with E-state index in [2.05, 4.69) is 0 Å². The lowest BCUT2D eigenvalue weighted by atomic mass is 11.9. The molecule has 0 saturated carbocycles. The van der Waals surface area contributed by atoms with Crippen LogP contribution in [0.3, 0.4) is 0 Å². The van der Waals surface area contributed by atoms with E-state index in [0.717, 1.165) is 0 Å². The molecule has 0 saturated heterocycles. The maximum atomic E-state index is 9.66. The SMILES string of the molecule is O.O=S(=O)(O)CS(=O)(=O)O. The Labute approximate surface area is 57.5 Å². The number of hydrogen-bond donors (Lipinski definition) is 2. The Hall–Kier alpha value is -0.220. The molecular formula is CH6O7S2. The molecule has 4 N–H and O–H groups in total. The quantitative estimate of drug-likeness (QED) is 0.482. The minimum absolute atomic E-state index is 0. The summed E-state index contributed by atoms with van der Waals surface area (Å²) in [7, 11) is -9.24. The van der Waals surface area contributed by atoms with E-state index in [1.165, 1.54) is 0 Å². The summed E-state index contributed by atoms with van der Waals surface area (Å²) in [6.45, 7) is 0. The minimum atomic E-state index is -4.62. The first-order valence-electron chi connectivity index (χ1n) is 1.61. The van der Waals surface area contributed by atoms with E-state index in [4.69, 9.17) is 9.11 Å². The summed E-state index contributed by atoms with van der Waals surface area (Å²) < 4.78 is 54.2. The second kappa shape index (κ2) is 3.25. The number of rotatable bonds is 2. The van der Waals surface area contributed by atoms with Crippen molar-refractivity contribution in [2.24, 2.45) is 0 Å². The molecule has 0 unspecified atom stereocenters. The Morgan fingerprint density at radius 2 is 1.10 bits per heavy atom. The highest BCUT2D eigenvalue weighted by Gasteiger charge is 2.15. The lowest BCUT2D eigenvalue weighted by Gasteiger charge is -1.89. The van der Waals surface area contributed by atoms with E-state index < -0.39 is 25.3 Å². The van der Waals surface area contributed by atoms with Crippen LogP contribution in [-0.4, -0.2) is 36.5 Å². The molecular weight excluding hydrogens is 188 g/mol. The van der Waals surface area contributed by atoms with Gasteiger partial charge in [0.2, 0.25) is 5.08 Å². The summed E-state index contributed by atoms with van der Waals surface area (Å²) in [5.74, 6) is 0. The van der Waals surface area contributed by atoms with Gasteiger partial charge in [0.05, 0.1) is 0 Å². The summed E-state index contributed by atoms with van der Waals surface area (Å²) in [6, 6.07) is 0. The molecule has 0 bridgehead atoms. The molecule has 0 aromatic carbocycles. The molecule has 0 aliphatic heterocycles. The van der Waals surface area contributed by atoms with Crippen LogP contribution in [0.2, 0.25) is 0 Å². The predicted octanol–water partition coefficient (Wildman–Crippen LogP) is -2.11. The molecule has 9 heteroatoms. The van der Waals surface area contributed by atoms with Gasteiger partial charge < -0.3 is 5.48 Å². The first-order valence-corrected chi connectivity index (χ1v) is 4.83. The molecule has 10 heavy (non-hydrogen) atoms. The van der Waals surface area contributed by atoms with E-state index in [-0.39, 0.29) is 5.48 Å². The second-order valence-corrected chi connectivity index (χ2v) is 4.55. The Morgan fingerprint density at radius 3 is 1.10 bits per heavy atom. The van der Waals surface area contributed by atoms with E-state index in [1.807, 2.05) is 0 Å². The molecule has 0 aromatic rings. The smallest absolute Gasteiger partial charge is 0.281 e. The van der Waals surface area contributed by atoms with Crippen molar-refractivity contribution >= 4 is 20.2 Å². The fraction of sp³-hybridized carbons (Fsp3) is 1.00. The standard InChI is InChI=1S/CH4O6S2.H2O/c2-8(3,4)1-9(5,6)7;/h1H2,(H,2,3,4)(H,5,6,7);1H2. The maximum Gasteiger partial charge on any atom is 0.281 e. The molecule has 0 fully saturated rings. The zero-order valence-electron chi connectivity index (χ0n) is 4.55. The maximum absolute atomic E-state index is 9.66. The number of hydrogen-bond acceptors (Lipinski definition) is 4. The van der Waals surface area contributed by atoms with Gasteiger partial charge in [-0.25, -0.2) is 0 Å². The van der Waals surface area contributed by atoms with Crippen LogP contribution in [0.15, 0.2) is 0 Å². The van der Waals surface area contributed by atoms with Gasteiger partial charge >= 0.3 is 0 Å². The average Bonchev–Trinajstić information content (AvgIpc) is 1.14. The van der Waals surface area contributed by atoms with Crippen LogP contribution in [-0.2, 0) is 20.2 Å². The Kier molecular flexibility index (Phi) is 4.05. The third-order valence-electron chi connectivity index (χ3n) is 0.298. The molecule has 0 aliphatic carbocycles. The van der Waals surface area contributed by atoms with Gasteiger partial charge in [-0.3, -0.25) is 9.11 Å². The van der Waals surface area contributed by atoms with Crippen LogP contribution in [0.4, 0.5) is 0 Å². The molecule has 64 valence electrons. The highest BCUT2D eigenvalue weighted by Crippen LogP contribution is 1.88. The molecule has 0 heterocycles. The van der Waals surface area contributed by atoms with Gasteiger partial charge in [0.1, 0.15) is 0 Å². The largest absolute Gasteiger partial charge is 0.412 e. The first-order chi connectivity index (χ1) is 3.71. The van der Waals surface area contributed by atoms with Crippen molar-refractivity contribution in [2.45, 2.75) is 0 Å². The molecule has 0 amide bonds. The van der Waals surface area contributed by atoms with Gasteiger partial charge in [-0.15, -0.1) is 0 Å². The van der Waals surface area contributed by atoms with Crippen molar-refractivity contribution < 1.29 is 31.4 Å². The fourth-order valence-electron chi connectivity index (χ4n) is 0.188. The van der Waals surface area contributed by atoms with E-state index >= 15 is 0 Å². The molecule has 7 nitrogen and oxygen atoms in total. The first kappa shape index (κ1) is 12.5. The third-order valence-corrected chi connectivity index (χ3v) is 2.68. The summed E-state index contributed by atoms with van der Waals surface area (Å²) in [4.78, 5) is 0. The Bertz CT molecular complexity index is 237. The normalized spacial score (nSPS) is 12.2. The average molecular weight is 194 g/mol. The van der Waals surface area contributed by atoms with Crippen molar-refractivity contribution in [2.75, 3.05) is 5.08 Å². The Balaban J connectivity index is 0. The van der Waals surface area contributed by atoms with Crippen molar-refractivity contribution in [3.05, 3.63) is 0 Å². The highest BCUT2D eigenvalue weighted by atomic mass is 32.3. The topological polar surface area (TPSA) is 140 Å². The van der Waals surface area contributed by atoms with Crippen molar-refractivity contribution in [1.29, 1.82) is 0 Å². The highest BCUT2D eigenvalue weighted by molar-refractivity contribution is 8.02. The van der Waals surface area contributed by atoms with Crippen LogP contribution >= 0.6 is 0 Å². The van der Waals surface area contributed by atoms with Crippen molar-refractivity contribution in [3.63, 3.8) is 0 Å². The fourth-order valence-corrected chi connectivity index (χ4v) is 1.69. The molecule has 0 radical (unpaired) electrons. The summed E-state index contributed by atoms with van der Waals surface area (Å²) in [5.41, 5.74) is 0. The van der Waals surface area contributed by atoms with Gasteiger partial charge in [-0.2, -0.15) is 16.8 Å². The molecule has 0 aliphatic rings. The van der Waals surface area contributed by atoms with Gasteiger partial charge in [0, 0.05) is 0 Å². The molecule has 0 spiro atoms. The van der Waals surface area contributed by atoms with Crippen LogP contribution in [0.1, 0.15) is 0 Å². The van der Waals surface area contributed by atoms with Gasteiger partial charge in [0.25, 0.3) is 20.2 Å². The van der Waals surface area contributed by atoms with Crippen molar-refractivity contribution in [1.82, 2.24) is 0 Å². The molecule has 0 rings (SSSR count). The van der Waals surface area contributed by atoms with Crippen LogP contribution in [0.5, 0.6) is 0 Å². The van der Waals surface area contributed by atoms with E-state index in [0.29, 0.717) is 0 Å². The lowest BCUT2D eigenvalue weighted by molar-refractivity contribution is 0.471. The second-order valence-electron chi connectivity index (χ2n) is 1.28. The summed E-state index contributed by atoms with van der Waals surface area (Å²) >= 11 is 0. The van der Waals surface area contributed by atoms with E-state index in [1.54, 1.807) is 0 Å². The zero-order chi connectivity index (χ0) is 7.71. The lowest BCUT2D eigenvalue weighted by Crippen LogP contribution is -2.13. The third kappa shape index (κ3) is 10.7. The zero-order valence-corrected chi connectivity index (χ0v) is 6.18. The Morgan fingerprint density at radius 1 is 0.900 bits per heavy atom. The molecule has 0 aromatic heterocycles. The van der Waals surface area contributed by atoms with Crippen LogP contribution in [0.25, 0.3) is 0 Å². The van der Waals surface area contributed by atoms with Crippen molar-refractivity contribution in [3.8, 4) is 0 Å². The van der Waals surface area contributed by atoms with Crippen LogP contribution in [0, 0.1) is 0 Å². The van der Waals surface area contributed by atoms with Gasteiger partial charge in [0.15, 0.2) is 0 Å². The predicted molar refractivity (Wildman–Crippen MR) is 31.6 cm³/mol. The van der Waals surface area contributed by atoms with Gasteiger partial charge in [-0.1, -0.05) is 0 Å². The van der Waals surface area contributed by atoms with Gasteiger partial charge in [-0.05, 0) is 0 Å². The van der Waals surface area contributed by atoms with Crippen LogP contribution < -0.4 is 0 Å². The summed E-state index contributed by atoms with van der Waals surface area (Å²) in [6.07, 6.45) is 0. The summed E-state index contributed by atoms with van der Waals surface area (Å²) in [5, 5.41) is -1.65. The monoisotopic (exact) mass is 194 g/mol. The van der Waals surface area contributed by atoms with E-state index in [9.17, 15) is 16.8 Å². The minimum Gasteiger partial charge on any atom is -0.412 e. The molecule has 0 atom stereocenters.